The van der Waals surface area contributed by atoms with E-state index in [-0.39, 0.29) is 11.3 Å². The van der Waals surface area contributed by atoms with Gasteiger partial charge in [0.1, 0.15) is 0 Å². The highest BCUT2D eigenvalue weighted by Gasteiger charge is 2.43. The number of aryl methyl sites for hydroxylation is 1. The summed E-state index contributed by atoms with van der Waals surface area (Å²) < 4.78 is 0. The van der Waals surface area contributed by atoms with Crippen LogP contribution in [0.1, 0.15) is 48.7 Å². The SMILES string of the molecule is Cc1ccc(C(=O)C2(N(C)C)CCC(C)CC2)cn1. The number of carbonyl (C=O) groups is 1. The molecule has 104 valence electrons. The van der Waals surface area contributed by atoms with Crippen molar-refractivity contribution >= 4 is 5.78 Å². The smallest absolute Gasteiger partial charge is 0.184 e. The minimum absolute atomic E-state index is 0.233. The van der Waals surface area contributed by atoms with E-state index in [1.165, 1.54) is 0 Å². The van der Waals surface area contributed by atoms with Gasteiger partial charge in [-0.2, -0.15) is 0 Å². The molecular weight excluding hydrogens is 236 g/mol. The fourth-order valence-corrected chi connectivity index (χ4v) is 2.99. The van der Waals surface area contributed by atoms with Gasteiger partial charge in [0.25, 0.3) is 0 Å². The molecule has 0 bridgehead atoms. The highest BCUT2D eigenvalue weighted by molar-refractivity contribution is 6.03. The standard InChI is InChI=1S/C16H24N2O/c1-12-7-9-16(10-8-12,18(3)4)15(19)14-6-5-13(2)17-11-14/h5-6,11-12H,7-10H2,1-4H3. The molecule has 1 aliphatic rings. The van der Waals surface area contributed by atoms with Gasteiger partial charge in [0.05, 0.1) is 5.54 Å². The van der Waals surface area contributed by atoms with Gasteiger partial charge in [0.15, 0.2) is 5.78 Å². The lowest BCUT2D eigenvalue weighted by atomic mass is 9.72. The van der Waals surface area contributed by atoms with E-state index in [0.29, 0.717) is 0 Å². The van der Waals surface area contributed by atoms with Crippen LogP contribution in [0.4, 0.5) is 0 Å². The summed E-state index contributed by atoms with van der Waals surface area (Å²) >= 11 is 0. The minimum Gasteiger partial charge on any atom is -0.297 e. The molecule has 1 saturated carbocycles. The second-order valence-electron chi connectivity index (χ2n) is 6.13. The summed E-state index contributed by atoms with van der Waals surface area (Å²) in [4.78, 5) is 19.3. The number of pyridine rings is 1. The van der Waals surface area contributed by atoms with Gasteiger partial charge in [-0.25, -0.2) is 0 Å². The van der Waals surface area contributed by atoms with Crippen LogP contribution >= 0.6 is 0 Å². The lowest BCUT2D eigenvalue weighted by Gasteiger charge is -2.43. The van der Waals surface area contributed by atoms with Crippen LogP contribution in [0.15, 0.2) is 18.3 Å². The number of rotatable bonds is 3. The number of aromatic nitrogens is 1. The quantitative estimate of drug-likeness (QED) is 0.783. The van der Waals surface area contributed by atoms with Crippen LogP contribution in [-0.4, -0.2) is 35.3 Å². The molecule has 2 rings (SSSR count). The first-order valence-corrected chi connectivity index (χ1v) is 7.10. The monoisotopic (exact) mass is 260 g/mol. The van der Waals surface area contributed by atoms with E-state index in [0.717, 1.165) is 42.9 Å². The molecule has 0 spiro atoms. The zero-order valence-electron chi connectivity index (χ0n) is 12.4. The van der Waals surface area contributed by atoms with Crippen molar-refractivity contribution in [3.63, 3.8) is 0 Å². The fraction of sp³-hybridized carbons (Fsp3) is 0.625. The van der Waals surface area contributed by atoms with Crippen LogP contribution in [0.5, 0.6) is 0 Å². The molecule has 0 saturated heterocycles. The Kier molecular flexibility index (Phi) is 4.04. The summed E-state index contributed by atoms with van der Waals surface area (Å²) in [6.07, 6.45) is 5.88. The molecule has 0 amide bonds. The van der Waals surface area contributed by atoms with Crippen molar-refractivity contribution in [1.29, 1.82) is 0 Å². The maximum absolute atomic E-state index is 12.9. The Hall–Kier alpha value is -1.22. The van der Waals surface area contributed by atoms with E-state index >= 15 is 0 Å². The Bertz CT molecular complexity index is 442. The van der Waals surface area contributed by atoms with Crippen molar-refractivity contribution in [1.82, 2.24) is 9.88 Å². The summed E-state index contributed by atoms with van der Waals surface area (Å²) in [6.45, 7) is 4.22. The third kappa shape index (κ3) is 2.71. The van der Waals surface area contributed by atoms with E-state index in [1.807, 2.05) is 33.2 Å². The molecule has 1 aromatic heterocycles. The molecule has 0 atom stereocenters. The second kappa shape index (κ2) is 5.41. The Morgan fingerprint density at radius 3 is 2.42 bits per heavy atom. The van der Waals surface area contributed by atoms with E-state index in [2.05, 4.69) is 16.8 Å². The number of carbonyl (C=O) groups excluding carboxylic acids is 1. The topological polar surface area (TPSA) is 33.2 Å². The Labute approximate surface area is 116 Å². The molecule has 3 heteroatoms. The predicted octanol–water partition coefficient (Wildman–Crippen LogP) is 3.08. The molecule has 3 nitrogen and oxygen atoms in total. The van der Waals surface area contributed by atoms with Gasteiger partial charge in [0.2, 0.25) is 0 Å². The summed E-state index contributed by atoms with van der Waals surface area (Å²) in [7, 11) is 4.05. The fourth-order valence-electron chi connectivity index (χ4n) is 2.99. The van der Waals surface area contributed by atoms with E-state index < -0.39 is 0 Å². The van der Waals surface area contributed by atoms with Crippen LogP contribution in [0.3, 0.4) is 0 Å². The van der Waals surface area contributed by atoms with Crippen molar-refractivity contribution in [2.24, 2.45) is 5.92 Å². The average Bonchev–Trinajstić information content (AvgIpc) is 2.39. The predicted molar refractivity (Wildman–Crippen MR) is 77.4 cm³/mol. The number of Topliss-reactive ketones (excluding diaryl/α,β-unsaturated/α-hetero) is 1. The van der Waals surface area contributed by atoms with E-state index in [9.17, 15) is 4.79 Å². The molecule has 1 aromatic rings. The maximum Gasteiger partial charge on any atom is 0.184 e. The van der Waals surface area contributed by atoms with Gasteiger partial charge in [-0.05, 0) is 64.8 Å². The van der Waals surface area contributed by atoms with E-state index in [4.69, 9.17) is 0 Å². The van der Waals surface area contributed by atoms with Crippen molar-refractivity contribution in [3.05, 3.63) is 29.6 Å². The third-order valence-electron chi connectivity index (χ3n) is 4.55. The van der Waals surface area contributed by atoms with Crippen molar-refractivity contribution in [2.75, 3.05) is 14.1 Å². The molecule has 0 aliphatic heterocycles. The zero-order chi connectivity index (χ0) is 14.0. The van der Waals surface area contributed by atoms with Gasteiger partial charge in [-0.1, -0.05) is 6.92 Å². The van der Waals surface area contributed by atoms with Crippen molar-refractivity contribution in [2.45, 2.75) is 45.1 Å². The molecule has 0 N–H and O–H groups in total. The van der Waals surface area contributed by atoms with Gasteiger partial charge in [-0.15, -0.1) is 0 Å². The maximum atomic E-state index is 12.9. The molecule has 0 aromatic carbocycles. The summed E-state index contributed by atoms with van der Waals surface area (Å²) in [6, 6.07) is 3.83. The van der Waals surface area contributed by atoms with Crippen LogP contribution in [0, 0.1) is 12.8 Å². The lowest BCUT2D eigenvalue weighted by Crippen LogP contribution is -2.53. The average molecular weight is 260 g/mol. The molecule has 1 aliphatic carbocycles. The normalized spacial score (nSPS) is 27.5. The van der Waals surface area contributed by atoms with Gasteiger partial charge < -0.3 is 0 Å². The highest BCUT2D eigenvalue weighted by atomic mass is 16.1. The van der Waals surface area contributed by atoms with Crippen LogP contribution in [-0.2, 0) is 0 Å². The molecule has 1 heterocycles. The van der Waals surface area contributed by atoms with Crippen molar-refractivity contribution in [3.8, 4) is 0 Å². The Morgan fingerprint density at radius 2 is 1.95 bits per heavy atom. The first kappa shape index (κ1) is 14.2. The molecule has 0 radical (unpaired) electrons. The summed E-state index contributed by atoms with van der Waals surface area (Å²) in [5.74, 6) is 0.967. The largest absolute Gasteiger partial charge is 0.297 e. The molecule has 1 fully saturated rings. The number of hydrogen-bond acceptors (Lipinski definition) is 3. The van der Waals surface area contributed by atoms with Gasteiger partial charge in [0, 0.05) is 17.5 Å². The molecular formula is C16H24N2O. The van der Waals surface area contributed by atoms with Crippen molar-refractivity contribution < 1.29 is 4.79 Å². The zero-order valence-corrected chi connectivity index (χ0v) is 12.4. The first-order valence-electron chi connectivity index (χ1n) is 7.10. The lowest BCUT2D eigenvalue weighted by molar-refractivity contribution is 0.0513. The molecule has 0 unspecified atom stereocenters. The summed E-state index contributed by atoms with van der Waals surface area (Å²) in [5, 5.41) is 0. The number of likely N-dealkylation sites (N-methyl/N-ethyl adjacent to an activating group) is 1. The Morgan fingerprint density at radius 1 is 1.32 bits per heavy atom. The van der Waals surface area contributed by atoms with Crippen LogP contribution in [0.2, 0.25) is 0 Å². The Balaban J connectivity index is 2.29. The number of ketones is 1. The van der Waals surface area contributed by atoms with Crippen LogP contribution in [0.25, 0.3) is 0 Å². The van der Waals surface area contributed by atoms with E-state index in [1.54, 1.807) is 6.20 Å². The second-order valence-corrected chi connectivity index (χ2v) is 6.13. The third-order valence-corrected chi connectivity index (χ3v) is 4.55. The highest BCUT2D eigenvalue weighted by Crippen LogP contribution is 2.37. The first-order chi connectivity index (χ1) is 8.95. The molecule has 19 heavy (non-hydrogen) atoms. The van der Waals surface area contributed by atoms with Crippen LogP contribution < -0.4 is 0 Å². The van der Waals surface area contributed by atoms with Gasteiger partial charge >= 0.3 is 0 Å². The minimum atomic E-state index is -0.330. The summed E-state index contributed by atoms with van der Waals surface area (Å²) in [5.41, 5.74) is 1.37. The number of nitrogens with zero attached hydrogens (tertiary/aromatic N) is 2. The number of hydrogen-bond donors (Lipinski definition) is 0. The van der Waals surface area contributed by atoms with Gasteiger partial charge in [-0.3, -0.25) is 14.7 Å².